The molecule has 0 fully saturated rings. The molecule has 282 valence electrons. The van der Waals surface area contributed by atoms with Crippen LogP contribution in [0.25, 0.3) is 0 Å². The van der Waals surface area contributed by atoms with Crippen LogP contribution in [0.2, 0.25) is 0 Å². The van der Waals surface area contributed by atoms with Crippen LogP contribution in [0.4, 0.5) is 0 Å². The summed E-state index contributed by atoms with van der Waals surface area (Å²) in [6.07, 6.45) is 33.0. The smallest absolute Gasteiger partial charge is 0.303 e. The molecule has 8 heteroatoms. The van der Waals surface area contributed by atoms with E-state index in [1.807, 2.05) is 13.8 Å². The Morgan fingerprint density at radius 3 is 1.21 bits per heavy atom. The quantitative estimate of drug-likeness (QED) is 0.0539. The maximum Gasteiger partial charge on any atom is 0.303 e. The summed E-state index contributed by atoms with van der Waals surface area (Å²) >= 11 is 0. The highest BCUT2D eigenvalue weighted by Crippen LogP contribution is 2.12. The van der Waals surface area contributed by atoms with E-state index in [2.05, 4.69) is 19.2 Å². The van der Waals surface area contributed by atoms with E-state index in [1.54, 1.807) is 0 Å². The fraction of sp³-hybridized carbons (Fsp3) is 0.897. The molecule has 0 aliphatic heterocycles. The van der Waals surface area contributed by atoms with Gasteiger partial charge in [-0.2, -0.15) is 0 Å². The molecule has 1 amide bonds. The first-order valence-electron chi connectivity index (χ1n) is 19.3. The van der Waals surface area contributed by atoms with Crippen molar-refractivity contribution in [2.45, 2.75) is 201 Å². The van der Waals surface area contributed by atoms with E-state index in [9.17, 15) is 19.2 Å². The Balaban J connectivity index is -0.000000287. The molecule has 0 aliphatic rings. The van der Waals surface area contributed by atoms with Crippen molar-refractivity contribution >= 4 is 24.4 Å². The topological polar surface area (TPSA) is 119 Å². The molecule has 47 heavy (non-hydrogen) atoms. The van der Waals surface area contributed by atoms with Gasteiger partial charge in [-0.25, -0.2) is 0 Å². The second kappa shape index (κ2) is 51.0. The van der Waals surface area contributed by atoms with Crippen molar-refractivity contribution in [2.75, 3.05) is 27.4 Å². The van der Waals surface area contributed by atoms with Crippen molar-refractivity contribution in [3.8, 4) is 0 Å². The maximum absolute atomic E-state index is 11.1. The number of carboxylic acids is 1. The zero-order chi connectivity index (χ0) is 36.1. The Labute approximate surface area is 291 Å². The van der Waals surface area contributed by atoms with Crippen molar-refractivity contribution in [1.82, 2.24) is 5.32 Å². The van der Waals surface area contributed by atoms with Crippen LogP contribution in [-0.4, -0.2) is 63.0 Å². The summed E-state index contributed by atoms with van der Waals surface area (Å²) in [4.78, 5) is 41.4. The monoisotopic (exact) mass is 674 g/mol. The molecule has 0 saturated heterocycles. The van der Waals surface area contributed by atoms with Crippen molar-refractivity contribution in [2.24, 2.45) is 0 Å². The molecule has 8 nitrogen and oxygen atoms in total. The van der Waals surface area contributed by atoms with Crippen molar-refractivity contribution < 1.29 is 33.8 Å². The number of unbranched alkanes of at least 4 members (excludes halogenated alkanes) is 22. The zero-order valence-corrected chi connectivity index (χ0v) is 31.9. The molecule has 0 aromatic carbocycles. The van der Waals surface area contributed by atoms with E-state index < -0.39 is 5.97 Å². The highest BCUT2D eigenvalue weighted by atomic mass is 16.5. The number of ether oxygens (including phenoxy) is 2. The number of amides is 1. The van der Waals surface area contributed by atoms with Gasteiger partial charge in [-0.15, -0.1) is 0 Å². The standard InChI is InChI=1S/2C14H28O.C9H17NO5.C2H6/c2*1-2-3-4-5-6-7-8-9-10-11-12-13-14-15;1-14-6-7(15-2)5-10-8(11)3-4-9(12)13;1-2/h2*14H,2-13H2,1H3;7H,3-6H2,1-2H3,(H,10,11)(H,12,13);1-2H3. The predicted octanol–water partition coefficient (Wildman–Crippen LogP) is 10.4. The lowest BCUT2D eigenvalue weighted by Crippen LogP contribution is -2.35. The number of carboxylic acid groups (broad SMARTS) is 1. The van der Waals surface area contributed by atoms with Crippen LogP contribution in [0.15, 0.2) is 0 Å². The lowest BCUT2D eigenvalue weighted by Gasteiger charge is -2.14. The molecule has 0 saturated carbocycles. The van der Waals surface area contributed by atoms with Gasteiger partial charge in [0.25, 0.3) is 0 Å². The SMILES string of the molecule is CC.CCCCCCCCCCCCCC=O.CCCCCCCCCCCCCC=O.COCC(CNC(=O)CCC(=O)O)OC. The Bertz CT molecular complexity index is 586. The summed E-state index contributed by atoms with van der Waals surface area (Å²) in [5.41, 5.74) is 0. The number of nitrogens with one attached hydrogen (secondary N) is 1. The summed E-state index contributed by atoms with van der Waals surface area (Å²) < 4.78 is 9.87. The molecular formula is C39H79NO7. The van der Waals surface area contributed by atoms with Gasteiger partial charge in [0.05, 0.1) is 19.1 Å². The van der Waals surface area contributed by atoms with Crippen LogP contribution in [-0.2, 0) is 28.7 Å². The highest BCUT2D eigenvalue weighted by Gasteiger charge is 2.10. The Morgan fingerprint density at radius 2 is 0.936 bits per heavy atom. The molecular weight excluding hydrogens is 594 g/mol. The number of carbonyl (C=O) groups excluding carboxylic acids is 3. The van der Waals surface area contributed by atoms with Gasteiger partial charge in [0.15, 0.2) is 0 Å². The number of aldehydes is 2. The molecule has 0 spiro atoms. The van der Waals surface area contributed by atoms with Crippen LogP contribution in [0.5, 0.6) is 0 Å². The fourth-order valence-electron chi connectivity index (χ4n) is 4.72. The van der Waals surface area contributed by atoms with Crippen LogP contribution in [0, 0.1) is 0 Å². The molecule has 0 bridgehead atoms. The number of aliphatic carboxylic acids is 1. The van der Waals surface area contributed by atoms with Gasteiger partial charge in [0.2, 0.25) is 5.91 Å². The number of hydrogen-bond donors (Lipinski definition) is 2. The van der Waals surface area contributed by atoms with E-state index in [0.717, 1.165) is 38.3 Å². The van der Waals surface area contributed by atoms with E-state index >= 15 is 0 Å². The second-order valence-corrected chi connectivity index (χ2v) is 12.0. The zero-order valence-electron chi connectivity index (χ0n) is 31.9. The minimum Gasteiger partial charge on any atom is -0.481 e. The number of carbonyl (C=O) groups is 4. The Hall–Kier alpha value is -1.80. The molecule has 0 radical (unpaired) electrons. The molecule has 0 rings (SSSR count). The van der Waals surface area contributed by atoms with Gasteiger partial charge < -0.3 is 29.5 Å². The molecule has 1 atom stereocenters. The minimum atomic E-state index is -0.981. The minimum absolute atomic E-state index is 0.0151. The summed E-state index contributed by atoms with van der Waals surface area (Å²) in [6, 6.07) is 0. The van der Waals surface area contributed by atoms with E-state index in [4.69, 9.17) is 14.6 Å². The molecule has 0 heterocycles. The average molecular weight is 674 g/mol. The van der Waals surface area contributed by atoms with Crippen LogP contribution in [0.1, 0.15) is 195 Å². The van der Waals surface area contributed by atoms with Gasteiger partial charge in [-0.3, -0.25) is 9.59 Å². The van der Waals surface area contributed by atoms with Gasteiger partial charge in [0, 0.05) is 40.0 Å². The largest absolute Gasteiger partial charge is 0.481 e. The lowest BCUT2D eigenvalue weighted by atomic mass is 10.1. The van der Waals surface area contributed by atoms with Crippen LogP contribution >= 0.6 is 0 Å². The summed E-state index contributed by atoms with van der Waals surface area (Å²) in [7, 11) is 3.06. The van der Waals surface area contributed by atoms with Crippen molar-refractivity contribution in [1.29, 1.82) is 0 Å². The Kier molecular flexibility index (Phi) is 56.5. The fourth-order valence-corrected chi connectivity index (χ4v) is 4.72. The van der Waals surface area contributed by atoms with Gasteiger partial charge in [-0.05, 0) is 12.8 Å². The highest BCUT2D eigenvalue weighted by molar-refractivity contribution is 5.80. The Morgan fingerprint density at radius 1 is 0.596 bits per heavy atom. The third kappa shape index (κ3) is 56.9. The molecule has 0 aromatic rings. The van der Waals surface area contributed by atoms with Gasteiger partial charge >= 0.3 is 5.97 Å². The van der Waals surface area contributed by atoms with E-state index in [0.29, 0.717) is 13.2 Å². The van der Waals surface area contributed by atoms with Crippen LogP contribution in [0.3, 0.4) is 0 Å². The summed E-state index contributed by atoms with van der Waals surface area (Å²) in [5.74, 6) is -1.28. The number of rotatable bonds is 32. The average Bonchev–Trinajstić information content (AvgIpc) is 3.08. The van der Waals surface area contributed by atoms with Gasteiger partial charge in [0.1, 0.15) is 12.6 Å². The third-order valence-electron chi connectivity index (χ3n) is 7.63. The van der Waals surface area contributed by atoms with E-state index in [-0.39, 0.29) is 24.9 Å². The second-order valence-electron chi connectivity index (χ2n) is 12.0. The van der Waals surface area contributed by atoms with Gasteiger partial charge in [-0.1, -0.05) is 156 Å². The maximum atomic E-state index is 11.1. The van der Waals surface area contributed by atoms with Crippen molar-refractivity contribution in [3.05, 3.63) is 0 Å². The molecule has 2 N–H and O–H groups in total. The number of methoxy groups -OCH3 is 2. The molecule has 0 aliphatic carbocycles. The summed E-state index contributed by atoms with van der Waals surface area (Å²) in [5, 5.41) is 10.9. The van der Waals surface area contributed by atoms with E-state index in [1.165, 1.54) is 143 Å². The summed E-state index contributed by atoms with van der Waals surface area (Å²) in [6.45, 7) is 9.23. The first-order valence-corrected chi connectivity index (χ1v) is 19.3. The number of hydrogen-bond acceptors (Lipinski definition) is 6. The third-order valence-corrected chi connectivity index (χ3v) is 7.63. The first-order chi connectivity index (χ1) is 22.9. The normalized spacial score (nSPS) is 10.7. The van der Waals surface area contributed by atoms with Crippen molar-refractivity contribution in [3.63, 3.8) is 0 Å². The molecule has 0 aromatic heterocycles. The lowest BCUT2D eigenvalue weighted by molar-refractivity contribution is -0.138. The predicted molar refractivity (Wildman–Crippen MR) is 198 cm³/mol. The molecule has 1 unspecified atom stereocenters. The van der Waals surface area contributed by atoms with Crippen LogP contribution < -0.4 is 5.32 Å². The first kappa shape index (κ1) is 52.0.